The van der Waals surface area contributed by atoms with E-state index < -0.39 is 0 Å². The first-order valence-corrected chi connectivity index (χ1v) is 6.74. The van der Waals surface area contributed by atoms with Crippen LogP contribution in [0.3, 0.4) is 0 Å². The molecule has 2 rings (SSSR count). The van der Waals surface area contributed by atoms with Crippen LogP contribution in [-0.4, -0.2) is 23.4 Å². The predicted octanol–water partition coefficient (Wildman–Crippen LogP) is 3.18. The van der Waals surface area contributed by atoms with Crippen molar-refractivity contribution in [2.45, 2.75) is 32.7 Å². The summed E-state index contributed by atoms with van der Waals surface area (Å²) in [6.07, 6.45) is 2.17. The number of hydrogen-bond donors (Lipinski definition) is 1. The molecule has 0 spiro atoms. The molecule has 1 fully saturated rings. The molecule has 18 heavy (non-hydrogen) atoms. The number of nitrogens with zero attached hydrogens (tertiary/aromatic N) is 1. The van der Waals surface area contributed by atoms with E-state index in [0.717, 1.165) is 19.4 Å². The fourth-order valence-corrected chi connectivity index (χ4v) is 2.70. The zero-order chi connectivity index (χ0) is 13.3. The van der Waals surface area contributed by atoms with E-state index in [2.05, 4.69) is 13.8 Å². The van der Waals surface area contributed by atoms with E-state index in [1.165, 1.54) is 0 Å². The summed E-state index contributed by atoms with van der Waals surface area (Å²) in [5.74, 6) is 0.552. The van der Waals surface area contributed by atoms with Gasteiger partial charge in [0.1, 0.15) is 0 Å². The minimum absolute atomic E-state index is 0.0644. The van der Waals surface area contributed by atoms with Crippen LogP contribution in [-0.2, 0) is 0 Å². The summed E-state index contributed by atoms with van der Waals surface area (Å²) >= 11 is 5.87. The van der Waals surface area contributed by atoms with Gasteiger partial charge in [-0.3, -0.25) is 4.79 Å². The van der Waals surface area contributed by atoms with Gasteiger partial charge in [0, 0.05) is 18.2 Å². The molecule has 2 N–H and O–H groups in total. The van der Waals surface area contributed by atoms with Crippen LogP contribution in [0.4, 0.5) is 5.69 Å². The molecule has 1 aliphatic heterocycles. The maximum atomic E-state index is 12.5. The Hall–Kier alpha value is -1.22. The third-order valence-corrected chi connectivity index (χ3v) is 3.92. The second-order valence-corrected chi connectivity index (χ2v) is 5.60. The number of hydrogen-bond acceptors (Lipinski definition) is 2. The molecule has 0 saturated carbocycles. The van der Waals surface area contributed by atoms with Crippen molar-refractivity contribution in [3.63, 3.8) is 0 Å². The fourth-order valence-electron chi connectivity index (χ4n) is 2.58. The molecule has 1 unspecified atom stereocenters. The molecule has 0 aliphatic carbocycles. The van der Waals surface area contributed by atoms with Gasteiger partial charge in [-0.2, -0.15) is 0 Å². The molecule has 1 atom stereocenters. The number of carbonyl (C=O) groups excluding carboxylic acids is 1. The van der Waals surface area contributed by atoms with Gasteiger partial charge < -0.3 is 10.6 Å². The fraction of sp³-hybridized carbons (Fsp3) is 0.500. The Bertz CT molecular complexity index is 459. The minimum Gasteiger partial charge on any atom is -0.398 e. The highest BCUT2D eigenvalue weighted by Gasteiger charge is 2.31. The minimum atomic E-state index is 0.0644. The van der Waals surface area contributed by atoms with Crippen molar-refractivity contribution >= 4 is 23.2 Å². The molecule has 0 bridgehead atoms. The van der Waals surface area contributed by atoms with E-state index in [-0.39, 0.29) is 5.91 Å². The summed E-state index contributed by atoms with van der Waals surface area (Å²) in [5, 5.41) is 0.494. The SMILES string of the molecule is CC(C)C1CCCN1C(=O)c1ccc(Cl)c(N)c1. The molecule has 1 heterocycles. The van der Waals surface area contributed by atoms with Crippen molar-refractivity contribution < 1.29 is 4.79 Å². The molecule has 1 amide bonds. The van der Waals surface area contributed by atoms with E-state index in [1.807, 2.05) is 4.90 Å². The van der Waals surface area contributed by atoms with Gasteiger partial charge in [0.2, 0.25) is 0 Å². The average Bonchev–Trinajstić information content (AvgIpc) is 2.81. The van der Waals surface area contributed by atoms with Crippen LogP contribution < -0.4 is 5.73 Å². The number of halogens is 1. The Morgan fingerprint density at radius 2 is 2.22 bits per heavy atom. The molecule has 0 aromatic heterocycles. The summed E-state index contributed by atoms with van der Waals surface area (Å²) in [5.41, 5.74) is 6.84. The lowest BCUT2D eigenvalue weighted by molar-refractivity contribution is 0.0701. The molecule has 4 heteroatoms. The van der Waals surface area contributed by atoms with Crippen LogP contribution in [0, 0.1) is 5.92 Å². The maximum absolute atomic E-state index is 12.5. The van der Waals surface area contributed by atoms with Gasteiger partial charge in [-0.05, 0) is 37.0 Å². The highest BCUT2D eigenvalue weighted by molar-refractivity contribution is 6.33. The third-order valence-electron chi connectivity index (χ3n) is 3.57. The monoisotopic (exact) mass is 266 g/mol. The summed E-state index contributed by atoms with van der Waals surface area (Å²) in [7, 11) is 0. The average molecular weight is 267 g/mol. The number of nitrogens with two attached hydrogens (primary N) is 1. The molecule has 1 saturated heterocycles. The van der Waals surface area contributed by atoms with Crippen LogP contribution in [0.1, 0.15) is 37.0 Å². The zero-order valence-electron chi connectivity index (χ0n) is 10.8. The van der Waals surface area contributed by atoms with Gasteiger partial charge in [0.25, 0.3) is 5.91 Å². The Labute approximate surface area is 113 Å². The van der Waals surface area contributed by atoms with E-state index in [1.54, 1.807) is 18.2 Å². The normalized spacial score (nSPS) is 19.6. The van der Waals surface area contributed by atoms with Gasteiger partial charge in [-0.25, -0.2) is 0 Å². The van der Waals surface area contributed by atoms with Crippen LogP contribution in [0.15, 0.2) is 18.2 Å². The van der Waals surface area contributed by atoms with Gasteiger partial charge in [-0.1, -0.05) is 25.4 Å². The first kappa shape index (κ1) is 13.2. The van der Waals surface area contributed by atoms with Crippen LogP contribution in [0.5, 0.6) is 0 Å². The smallest absolute Gasteiger partial charge is 0.254 e. The van der Waals surface area contributed by atoms with Crippen molar-refractivity contribution in [3.8, 4) is 0 Å². The van der Waals surface area contributed by atoms with Crippen LogP contribution in [0.25, 0.3) is 0 Å². The molecule has 1 aromatic carbocycles. The summed E-state index contributed by atoms with van der Waals surface area (Å²) in [6.45, 7) is 5.16. The van der Waals surface area contributed by atoms with Gasteiger partial charge in [0.05, 0.1) is 10.7 Å². The third kappa shape index (κ3) is 2.46. The Morgan fingerprint density at radius 1 is 1.50 bits per heavy atom. The lowest BCUT2D eigenvalue weighted by Gasteiger charge is -2.27. The summed E-state index contributed by atoms with van der Waals surface area (Å²) in [6, 6.07) is 5.44. The van der Waals surface area contributed by atoms with Crippen molar-refractivity contribution in [1.29, 1.82) is 0 Å². The Morgan fingerprint density at radius 3 is 2.83 bits per heavy atom. The molecule has 98 valence electrons. The molecule has 3 nitrogen and oxygen atoms in total. The largest absolute Gasteiger partial charge is 0.398 e. The maximum Gasteiger partial charge on any atom is 0.254 e. The number of rotatable bonds is 2. The van der Waals surface area contributed by atoms with Gasteiger partial charge in [-0.15, -0.1) is 0 Å². The summed E-state index contributed by atoms with van der Waals surface area (Å²) < 4.78 is 0. The molecular weight excluding hydrogens is 248 g/mol. The van der Waals surface area contributed by atoms with Gasteiger partial charge in [0.15, 0.2) is 0 Å². The number of amides is 1. The standard InChI is InChI=1S/C14H19ClN2O/c1-9(2)13-4-3-7-17(13)14(18)10-5-6-11(15)12(16)8-10/h5-6,8-9,13H,3-4,7,16H2,1-2H3. The first-order chi connectivity index (χ1) is 8.50. The van der Waals surface area contributed by atoms with E-state index in [0.29, 0.717) is 28.2 Å². The van der Waals surface area contributed by atoms with E-state index in [4.69, 9.17) is 17.3 Å². The van der Waals surface area contributed by atoms with Crippen molar-refractivity contribution in [2.75, 3.05) is 12.3 Å². The Kier molecular flexibility index (Phi) is 3.81. The Balaban J connectivity index is 2.22. The number of nitrogen functional groups attached to an aromatic ring is 1. The molecule has 0 radical (unpaired) electrons. The topological polar surface area (TPSA) is 46.3 Å². The molecule has 1 aromatic rings. The van der Waals surface area contributed by atoms with Crippen LogP contribution in [0.2, 0.25) is 5.02 Å². The lowest BCUT2D eigenvalue weighted by Crippen LogP contribution is -2.38. The lowest BCUT2D eigenvalue weighted by atomic mass is 10.0. The quantitative estimate of drug-likeness (QED) is 0.836. The van der Waals surface area contributed by atoms with Crippen molar-refractivity contribution in [1.82, 2.24) is 4.90 Å². The second kappa shape index (κ2) is 5.19. The molecule has 1 aliphatic rings. The molecular formula is C14H19ClN2O. The highest BCUT2D eigenvalue weighted by atomic mass is 35.5. The number of benzene rings is 1. The van der Waals surface area contributed by atoms with Crippen LogP contribution >= 0.6 is 11.6 Å². The number of likely N-dealkylation sites (tertiary alicyclic amines) is 1. The van der Waals surface area contributed by atoms with E-state index in [9.17, 15) is 4.79 Å². The number of carbonyl (C=O) groups is 1. The van der Waals surface area contributed by atoms with Crippen molar-refractivity contribution in [2.24, 2.45) is 5.92 Å². The first-order valence-electron chi connectivity index (χ1n) is 6.36. The zero-order valence-corrected chi connectivity index (χ0v) is 11.6. The highest BCUT2D eigenvalue weighted by Crippen LogP contribution is 2.27. The second-order valence-electron chi connectivity index (χ2n) is 5.19. The van der Waals surface area contributed by atoms with Gasteiger partial charge >= 0.3 is 0 Å². The van der Waals surface area contributed by atoms with Crippen molar-refractivity contribution in [3.05, 3.63) is 28.8 Å². The number of anilines is 1. The predicted molar refractivity (Wildman–Crippen MR) is 74.8 cm³/mol. The summed E-state index contributed by atoms with van der Waals surface area (Å²) in [4.78, 5) is 14.4. The van der Waals surface area contributed by atoms with E-state index >= 15 is 0 Å².